The van der Waals surface area contributed by atoms with E-state index in [4.69, 9.17) is 5.73 Å². The molecule has 1 aliphatic carbocycles. The number of allylic oxidation sites excluding steroid dienone is 10. The van der Waals surface area contributed by atoms with E-state index in [1.54, 1.807) is 26.0 Å². The van der Waals surface area contributed by atoms with Crippen molar-refractivity contribution in [3.05, 3.63) is 58.9 Å². The molecular formula is C25H37F3N2O2. The summed E-state index contributed by atoms with van der Waals surface area (Å²) in [4.78, 5) is 25.6. The third-order valence-corrected chi connectivity index (χ3v) is 4.78. The van der Waals surface area contributed by atoms with Crippen LogP contribution >= 0.6 is 0 Å². The van der Waals surface area contributed by atoms with Crippen LogP contribution < -0.4 is 5.73 Å². The minimum Gasteiger partial charge on any atom is -0.369 e. The molecule has 0 radical (unpaired) electrons. The third-order valence-electron chi connectivity index (χ3n) is 4.78. The molecule has 0 aromatic rings. The lowest BCUT2D eigenvalue weighted by Crippen LogP contribution is -2.24. The zero-order valence-electron chi connectivity index (χ0n) is 19.3. The number of halogens is 3. The Bertz CT molecular complexity index is 840. The Balaban J connectivity index is 0. The molecule has 0 aromatic carbocycles. The fourth-order valence-electron chi connectivity index (χ4n) is 2.47. The Hall–Kier alpha value is -2.70. The molecule has 1 unspecified atom stereocenters. The van der Waals surface area contributed by atoms with E-state index in [-0.39, 0.29) is 36.4 Å². The molecule has 0 bridgehead atoms. The monoisotopic (exact) mass is 454 g/mol. The number of hydrogen-bond acceptors (Lipinski definition) is 3. The molecule has 1 aliphatic rings. The number of alkyl halides is 3. The molecule has 2 N–H and O–H groups in total. The van der Waals surface area contributed by atoms with Crippen LogP contribution in [0.3, 0.4) is 0 Å². The van der Waals surface area contributed by atoms with E-state index >= 15 is 0 Å². The van der Waals surface area contributed by atoms with Gasteiger partial charge in [-0.3, -0.25) is 9.59 Å². The van der Waals surface area contributed by atoms with Crippen molar-refractivity contribution in [3.8, 4) is 0 Å². The Morgan fingerprint density at radius 3 is 1.97 bits per heavy atom. The van der Waals surface area contributed by atoms with Crippen LogP contribution in [0.4, 0.5) is 13.2 Å². The van der Waals surface area contributed by atoms with Crippen LogP contribution in [0.1, 0.15) is 62.3 Å². The normalized spacial score (nSPS) is 16.2. The minimum absolute atomic E-state index is 0. The molecule has 180 valence electrons. The van der Waals surface area contributed by atoms with Crippen molar-refractivity contribution in [2.75, 3.05) is 0 Å². The Morgan fingerprint density at radius 1 is 1.12 bits per heavy atom. The molecule has 0 aromatic heterocycles. The van der Waals surface area contributed by atoms with E-state index in [1.165, 1.54) is 19.9 Å². The maximum Gasteiger partial charge on any atom is 0.418 e. The maximum atomic E-state index is 13.4. The van der Waals surface area contributed by atoms with Gasteiger partial charge in [0.25, 0.3) is 0 Å². The Labute approximate surface area is 190 Å². The largest absolute Gasteiger partial charge is 0.418 e. The number of rotatable bonds is 7. The molecule has 1 rings (SSSR count). The topological polar surface area (TPSA) is 72.5 Å². The van der Waals surface area contributed by atoms with Crippen LogP contribution in [-0.2, 0) is 9.59 Å². The van der Waals surface area contributed by atoms with Gasteiger partial charge in [-0.1, -0.05) is 58.6 Å². The van der Waals surface area contributed by atoms with Crippen molar-refractivity contribution < 1.29 is 22.8 Å². The third kappa shape index (κ3) is 10.6. The van der Waals surface area contributed by atoms with E-state index < -0.39 is 11.7 Å². The van der Waals surface area contributed by atoms with E-state index in [2.05, 4.69) is 4.99 Å². The smallest absolute Gasteiger partial charge is 0.369 e. The number of hydrogen-bond donors (Lipinski definition) is 1. The van der Waals surface area contributed by atoms with Gasteiger partial charge in [0.2, 0.25) is 5.91 Å². The summed E-state index contributed by atoms with van der Waals surface area (Å²) >= 11 is 0. The quantitative estimate of drug-likeness (QED) is 0.265. The van der Waals surface area contributed by atoms with Gasteiger partial charge >= 0.3 is 6.18 Å². The highest BCUT2D eigenvalue weighted by molar-refractivity contribution is 6.04. The molecule has 1 atom stereocenters. The highest BCUT2D eigenvalue weighted by Gasteiger charge is 2.36. The number of nitrogens with zero attached hydrogens (tertiary/aromatic N) is 1. The lowest BCUT2D eigenvalue weighted by atomic mass is 9.98. The Kier molecular flexibility index (Phi) is 14.1. The Morgan fingerprint density at radius 2 is 1.69 bits per heavy atom. The zero-order chi connectivity index (χ0) is 24.4. The average molecular weight is 455 g/mol. The van der Waals surface area contributed by atoms with E-state index in [0.717, 1.165) is 11.6 Å². The first-order valence-corrected chi connectivity index (χ1v) is 10.1. The molecule has 0 aliphatic heterocycles. The summed E-state index contributed by atoms with van der Waals surface area (Å²) in [6, 6.07) is 0. The second-order valence-corrected chi connectivity index (χ2v) is 7.46. The number of carbonyl (C=O) groups is 2. The highest BCUT2D eigenvalue weighted by Crippen LogP contribution is 2.31. The standard InChI is InChI=1S/C18H20F3NO.C6H13NO.CH4/c1-5-14(15-9-7-8-10-15)11-16(18(19,20)21)12(3)22-17(6-2)13(4)23;1-4(2)5(3)6(7)8;/h5-7,9-11H,8H2,1-4H3;4-5H,1-3H3,(H2,7,8);1H4/b14-5+,16-11+,17-6-,22-12+;;. The van der Waals surface area contributed by atoms with Gasteiger partial charge in [0, 0.05) is 12.8 Å². The van der Waals surface area contributed by atoms with Crippen LogP contribution in [-0.4, -0.2) is 23.6 Å². The van der Waals surface area contributed by atoms with Crippen LogP contribution in [0.2, 0.25) is 0 Å². The molecule has 4 nitrogen and oxygen atoms in total. The van der Waals surface area contributed by atoms with Crippen LogP contribution in [0.25, 0.3) is 0 Å². The first-order chi connectivity index (χ1) is 14.3. The molecule has 0 saturated carbocycles. The van der Waals surface area contributed by atoms with Crippen molar-refractivity contribution >= 4 is 17.4 Å². The van der Waals surface area contributed by atoms with Gasteiger partial charge in [-0.15, -0.1) is 0 Å². The van der Waals surface area contributed by atoms with E-state index in [0.29, 0.717) is 17.9 Å². The van der Waals surface area contributed by atoms with Gasteiger partial charge in [0.1, 0.15) is 5.70 Å². The van der Waals surface area contributed by atoms with Crippen molar-refractivity contribution in [1.29, 1.82) is 0 Å². The fraction of sp³-hybridized carbons (Fsp3) is 0.480. The second-order valence-electron chi connectivity index (χ2n) is 7.46. The lowest BCUT2D eigenvalue weighted by molar-refractivity contribution is -0.122. The lowest BCUT2D eigenvalue weighted by Gasteiger charge is -2.13. The summed E-state index contributed by atoms with van der Waals surface area (Å²) in [6.45, 7) is 11.6. The van der Waals surface area contributed by atoms with Crippen molar-refractivity contribution in [2.24, 2.45) is 22.6 Å². The molecule has 0 heterocycles. The molecule has 1 amide bonds. The first-order valence-electron chi connectivity index (χ1n) is 10.1. The number of ketones is 1. The van der Waals surface area contributed by atoms with Gasteiger partial charge in [-0.2, -0.15) is 13.2 Å². The summed E-state index contributed by atoms with van der Waals surface area (Å²) < 4.78 is 40.2. The summed E-state index contributed by atoms with van der Waals surface area (Å²) in [7, 11) is 0. The number of Topliss-reactive ketones (excluding diaryl/α,β-unsaturated/α-hetero) is 1. The van der Waals surface area contributed by atoms with E-state index in [9.17, 15) is 22.8 Å². The van der Waals surface area contributed by atoms with Gasteiger partial charge in [-0.25, -0.2) is 4.99 Å². The van der Waals surface area contributed by atoms with Crippen LogP contribution in [0.5, 0.6) is 0 Å². The van der Waals surface area contributed by atoms with Gasteiger partial charge in [0.15, 0.2) is 5.78 Å². The van der Waals surface area contributed by atoms with E-state index in [1.807, 2.05) is 32.9 Å². The fourth-order valence-corrected chi connectivity index (χ4v) is 2.47. The minimum atomic E-state index is -4.56. The second kappa shape index (κ2) is 14.4. The number of nitrogens with two attached hydrogens (primary N) is 1. The molecule has 0 fully saturated rings. The molecule has 7 heteroatoms. The predicted molar refractivity (Wildman–Crippen MR) is 127 cm³/mol. The van der Waals surface area contributed by atoms with Gasteiger partial charge in [0.05, 0.1) is 11.3 Å². The molecule has 0 saturated heterocycles. The van der Waals surface area contributed by atoms with Crippen molar-refractivity contribution in [1.82, 2.24) is 0 Å². The summed E-state index contributed by atoms with van der Waals surface area (Å²) in [6.07, 6.45) is 5.80. The number of carbonyl (C=O) groups excluding carboxylic acids is 2. The summed E-state index contributed by atoms with van der Waals surface area (Å²) in [5, 5.41) is 0. The van der Waals surface area contributed by atoms with Crippen molar-refractivity contribution in [3.63, 3.8) is 0 Å². The molecule has 0 spiro atoms. The highest BCUT2D eigenvalue weighted by atomic mass is 19.4. The zero-order valence-corrected chi connectivity index (χ0v) is 19.3. The molecule has 32 heavy (non-hydrogen) atoms. The molecular weight excluding hydrogens is 417 g/mol. The number of primary amides is 1. The average Bonchev–Trinajstić information content (AvgIpc) is 3.19. The first kappa shape index (κ1) is 31.5. The predicted octanol–water partition coefficient (Wildman–Crippen LogP) is 6.66. The summed E-state index contributed by atoms with van der Waals surface area (Å²) in [5.41, 5.74) is 5.15. The van der Waals surface area contributed by atoms with Crippen molar-refractivity contribution in [2.45, 2.75) is 68.5 Å². The van der Waals surface area contributed by atoms with Crippen LogP contribution in [0, 0.1) is 11.8 Å². The van der Waals surface area contributed by atoms with Gasteiger partial charge in [-0.05, 0) is 50.3 Å². The number of aliphatic imine (C=N–C) groups is 1. The SMILES string of the molecule is C.CC(C)C(C)C(N)=O.C\C=C(/N=C(C)/C(=C\C(=C/C)C1=CCC=C1)C(F)(F)F)C(C)=O. The van der Waals surface area contributed by atoms with Crippen LogP contribution in [0.15, 0.2) is 63.9 Å². The maximum absolute atomic E-state index is 13.4. The van der Waals surface area contributed by atoms with Gasteiger partial charge < -0.3 is 5.73 Å². The summed E-state index contributed by atoms with van der Waals surface area (Å²) in [5.74, 6) is -0.205. The number of amides is 1.